The van der Waals surface area contributed by atoms with Crippen molar-refractivity contribution in [1.29, 1.82) is 0 Å². The summed E-state index contributed by atoms with van der Waals surface area (Å²) in [7, 11) is 0. The van der Waals surface area contributed by atoms with Crippen LogP contribution in [0.1, 0.15) is 26.5 Å². The predicted molar refractivity (Wildman–Crippen MR) is 95.1 cm³/mol. The molecule has 122 valence electrons. The van der Waals surface area contributed by atoms with Crippen LogP contribution in [0.25, 0.3) is 0 Å². The van der Waals surface area contributed by atoms with Gasteiger partial charge in [0.2, 0.25) is 0 Å². The maximum atomic E-state index is 12.2. The second-order valence-corrected chi connectivity index (χ2v) is 6.85. The van der Waals surface area contributed by atoms with Gasteiger partial charge in [-0.2, -0.15) is 5.10 Å². The molecule has 1 aromatic carbocycles. The van der Waals surface area contributed by atoms with E-state index in [9.17, 15) is 4.79 Å². The standard InChI is InChI=1S/C18H18N4OS/c23-18(16-7-4-10-24-16)19-17-14-8-9-22(12-15(14)20-21-17)11-13-5-2-1-3-6-13/h1-7,10H,8-9,11-12H2,(H2,19,20,21,23). The molecule has 2 N–H and O–H groups in total. The summed E-state index contributed by atoms with van der Waals surface area (Å²) in [6.45, 7) is 2.71. The Bertz CT molecular complexity index is 826. The number of H-pyrrole nitrogens is 1. The number of nitrogens with one attached hydrogen (secondary N) is 2. The van der Waals surface area contributed by atoms with Gasteiger partial charge in [0.1, 0.15) is 0 Å². The molecule has 3 aromatic rings. The van der Waals surface area contributed by atoms with Crippen molar-refractivity contribution in [3.63, 3.8) is 0 Å². The Kier molecular flexibility index (Phi) is 4.15. The minimum atomic E-state index is -0.0917. The fourth-order valence-corrected chi connectivity index (χ4v) is 3.65. The van der Waals surface area contributed by atoms with Gasteiger partial charge in [0.25, 0.3) is 5.91 Å². The summed E-state index contributed by atoms with van der Waals surface area (Å²) >= 11 is 1.43. The lowest BCUT2D eigenvalue weighted by Crippen LogP contribution is -2.30. The van der Waals surface area contributed by atoms with Crippen LogP contribution in [0.4, 0.5) is 5.82 Å². The third-order valence-electron chi connectivity index (χ3n) is 4.24. The fourth-order valence-electron chi connectivity index (χ4n) is 3.03. The maximum Gasteiger partial charge on any atom is 0.266 e. The quantitative estimate of drug-likeness (QED) is 0.767. The van der Waals surface area contributed by atoms with Gasteiger partial charge in [-0.15, -0.1) is 11.3 Å². The maximum absolute atomic E-state index is 12.2. The number of hydrogen-bond donors (Lipinski definition) is 2. The van der Waals surface area contributed by atoms with Crippen molar-refractivity contribution in [2.24, 2.45) is 0 Å². The summed E-state index contributed by atoms with van der Waals surface area (Å²) in [4.78, 5) is 15.3. The van der Waals surface area contributed by atoms with Crippen LogP contribution in [0, 0.1) is 0 Å². The molecule has 4 rings (SSSR count). The molecular formula is C18H18N4OS. The first kappa shape index (κ1) is 15.1. The van der Waals surface area contributed by atoms with Crippen molar-refractivity contribution in [3.05, 3.63) is 69.5 Å². The summed E-state index contributed by atoms with van der Waals surface area (Å²) < 4.78 is 0. The van der Waals surface area contributed by atoms with E-state index in [0.717, 1.165) is 37.3 Å². The number of fused-ring (bicyclic) bond motifs is 1. The van der Waals surface area contributed by atoms with Crippen molar-refractivity contribution >= 4 is 23.1 Å². The average molecular weight is 338 g/mol. The molecule has 0 saturated carbocycles. The summed E-state index contributed by atoms with van der Waals surface area (Å²) in [6, 6.07) is 14.2. The molecule has 1 amide bonds. The molecule has 24 heavy (non-hydrogen) atoms. The number of benzene rings is 1. The van der Waals surface area contributed by atoms with Gasteiger partial charge in [-0.25, -0.2) is 0 Å². The van der Waals surface area contributed by atoms with Crippen LogP contribution in [0.2, 0.25) is 0 Å². The number of amides is 1. The number of hydrogen-bond acceptors (Lipinski definition) is 4. The molecule has 0 unspecified atom stereocenters. The third-order valence-corrected chi connectivity index (χ3v) is 5.11. The van der Waals surface area contributed by atoms with Gasteiger partial charge in [0.05, 0.1) is 10.6 Å². The molecule has 0 bridgehead atoms. The Morgan fingerprint density at radius 2 is 2.12 bits per heavy atom. The van der Waals surface area contributed by atoms with E-state index in [-0.39, 0.29) is 5.91 Å². The number of aromatic nitrogens is 2. The van der Waals surface area contributed by atoms with E-state index < -0.39 is 0 Å². The zero-order valence-corrected chi connectivity index (χ0v) is 14.0. The Labute approximate surface area is 144 Å². The minimum absolute atomic E-state index is 0.0917. The number of anilines is 1. The molecule has 0 atom stereocenters. The molecule has 3 heterocycles. The van der Waals surface area contributed by atoms with Crippen LogP contribution in [0.5, 0.6) is 0 Å². The Balaban J connectivity index is 1.44. The third kappa shape index (κ3) is 3.11. The van der Waals surface area contributed by atoms with E-state index >= 15 is 0 Å². The van der Waals surface area contributed by atoms with Crippen LogP contribution in [0.3, 0.4) is 0 Å². The van der Waals surface area contributed by atoms with Gasteiger partial charge < -0.3 is 5.32 Å². The topological polar surface area (TPSA) is 61.0 Å². The van der Waals surface area contributed by atoms with Crippen LogP contribution >= 0.6 is 11.3 Å². The molecule has 1 aliphatic rings. The Hall–Kier alpha value is -2.44. The van der Waals surface area contributed by atoms with Gasteiger partial charge in [-0.05, 0) is 23.4 Å². The summed E-state index contributed by atoms with van der Waals surface area (Å²) in [6.07, 6.45) is 0.888. The molecule has 6 heteroatoms. The molecule has 0 spiro atoms. The fraction of sp³-hybridized carbons (Fsp3) is 0.222. The number of thiophene rings is 1. The molecule has 0 radical (unpaired) electrons. The zero-order chi connectivity index (χ0) is 16.4. The van der Waals surface area contributed by atoms with E-state index in [1.165, 1.54) is 16.9 Å². The lowest BCUT2D eigenvalue weighted by molar-refractivity contribution is 0.103. The number of carbonyl (C=O) groups is 1. The van der Waals surface area contributed by atoms with E-state index in [1.54, 1.807) is 0 Å². The van der Waals surface area contributed by atoms with Crippen LogP contribution in [-0.2, 0) is 19.5 Å². The van der Waals surface area contributed by atoms with Crippen molar-refractivity contribution in [2.75, 3.05) is 11.9 Å². The van der Waals surface area contributed by atoms with Crippen molar-refractivity contribution < 1.29 is 4.79 Å². The second kappa shape index (κ2) is 6.59. The van der Waals surface area contributed by atoms with Gasteiger partial charge in [-0.3, -0.25) is 14.8 Å². The Morgan fingerprint density at radius 1 is 1.25 bits per heavy atom. The first-order valence-corrected chi connectivity index (χ1v) is 8.85. The van der Waals surface area contributed by atoms with Crippen molar-refractivity contribution in [2.45, 2.75) is 19.5 Å². The minimum Gasteiger partial charge on any atom is -0.304 e. The number of aromatic amines is 1. The summed E-state index contributed by atoms with van der Waals surface area (Å²) in [5.74, 6) is 0.578. The zero-order valence-electron chi connectivity index (χ0n) is 13.2. The first-order chi connectivity index (χ1) is 11.8. The number of rotatable bonds is 4. The largest absolute Gasteiger partial charge is 0.304 e. The van der Waals surface area contributed by atoms with E-state index in [4.69, 9.17) is 0 Å². The van der Waals surface area contributed by atoms with Crippen LogP contribution in [0.15, 0.2) is 47.8 Å². The predicted octanol–water partition coefficient (Wildman–Crippen LogP) is 3.28. The average Bonchev–Trinajstić information content (AvgIpc) is 3.26. The van der Waals surface area contributed by atoms with E-state index in [0.29, 0.717) is 10.7 Å². The highest BCUT2D eigenvalue weighted by Crippen LogP contribution is 2.25. The molecule has 0 aliphatic carbocycles. The first-order valence-electron chi connectivity index (χ1n) is 7.97. The number of nitrogens with zero attached hydrogens (tertiary/aromatic N) is 2. The summed E-state index contributed by atoms with van der Waals surface area (Å²) in [5, 5.41) is 12.2. The van der Waals surface area contributed by atoms with Gasteiger partial charge in [0.15, 0.2) is 5.82 Å². The smallest absolute Gasteiger partial charge is 0.266 e. The highest BCUT2D eigenvalue weighted by Gasteiger charge is 2.23. The normalized spacial score (nSPS) is 14.3. The highest BCUT2D eigenvalue weighted by atomic mass is 32.1. The summed E-state index contributed by atoms with van der Waals surface area (Å²) in [5.41, 5.74) is 3.54. The lowest BCUT2D eigenvalue weighted by Gasteiger charge is -2.26. The van der Waals surface area contributed by atoms with Crippen LogP contribution in [-0.4, -0.2) is 27.5 Å². The van der Waals surface area contributed by atoms with E-state index in [2.05, 4.69) is 44.7 Å². The second-order valence-electron chi connectivity index (χ2n) is 5.91. The monoisotopic (exact) mass is 338 g/mol. The highest BCUT2D eigenvalue weighted by molar-refractivity contribution is 7.12. The SMILES string of the molecule is O=C(Nc1n[nH]c2c1CCN(Cc1ccccc1)C2)c1cccs1. The number of carbonyl (C=O) groups excluding carboxylic acids is 1. The van der Waals surface area contributed by atoms with Gasteiger partial charge >= 0.3 is 0 Å². The van der Waals surface area contributed by atoms with Crippen molar-refractivity contribution in [3.8, 4) is 0 Å². The molecule has 0 fully saturated rings. The molecule has 0 saturated heterocycles. The van der Waals surface area contributed by atoms with Crippen molar-refractivity contribution in [1.82, 2.24) is 15.1 Å². The molecular weight excluding hydrogens is 320 g/mol. The van der Waals surface area contributed by atoms with E-state index in [1.807, 2.05) is 23.6 Å². The molecule has 5 nitrogen and oxygen atoms in total. The molecule has 2 aromatic heterocycles. The van der Waals surface area contributed by atoms with Crippen LogP contribution < -0.4 is 5.32 Å². The molecule has 1 aliphatic heterocycles. The van der Waals surface area contributed by atoms with Gasteiger partial charge in [-0.1, -0.05) is 36.4 Å². The van der Waals surface area contributed by atoms with Gasteiger partial charge in [0, 0.05) is 25.2 Å². The lowest BCUT2D eigenvalue weighted by atomic mass is 10.1. The Morgan fingerprint density at radius 3 is 2.92 bits per heavy atom.